The van der Waals surface area contributed by atoms with Gasteiger partial charge in [-0.2, -0.15) is 0 Å². The van der Waals surface area contributed by atoms with E-state index in [4.69, 9.17) is 0 Å². The van der Waals surface area contributed by atoms with E-state index in [0.717, 1.165) is 12.8 Å². The number of halogens is 3. The molecule has 0 amide bonds. The molecule has 0 aliphatic carbocycles. The fourth-order valence-corrected chi connectivity index (χ4v) is 2.12. The molecule has 18 heavy (non-hydrogen) atoms. The Morgan fingerprint density at radius 3 is 2.11 bits per heavy atom. The summed E-state index contributed by atoms with van der Waals surface area (Å²) in [5, 5.41) is 10.1. The molecule has 1 rings (SSSR count). The van der Waals surface area contributed by atoms with Gasteiger partial charge in [-0.05, 0) is 12.3 Å². The average molecular weight is 260 g/mol. The minimum atomic E-state index is -1.22. The van der Waals surface area contributed by atoms with E-state index in [0.29, 0.717) is 25.0 Å². The molecular formula is C14H19F3O. The molecule has 102 valence electrons. The molecule has 0 aliphatic heterocycles. The number of hydrogen-bond acceptors (Lipinski definition) is 1. The van der Waals surface area contributed by atoms with E-state index in [2.05, 4.69) is 0 Å². The zero-order chi connectivity index (χ0) is 13.7. The molecule has 1 aromatic rings. The number of hydrogen-bond donors (Lipinski definition) is 1. The lowest BCUT2D eigenvalue weighted by atomic mass is 9.88. The van der Waals surface area contributed by atoms with Gasteiger partial charge in [-0.1, -0.05) is 33.1 Å². The molecule has 0 spiro atoms. The van der Waals surface area contributed by atoms with Crippen LogP contribution < -0.4 is 0 Å². The fraction of sp³-hybridized carbons (Fsp3) is 0.571. The highest BCUT2D eigenvalue weighted by molar-refractivity contribution is 5.23. The standard InChI is InChI=1S/C14H19F3O/c1-3-5-6-9(4-2)14(18)13-11(16)7-10(15)8-12(13)17/h7-9,14,18H,3-6H2,1-2H3. The van der Waals surface area contributed by atoms with Gasteiger partial charge in [0.1, 0.15) is 17.5 Å². The molecule has 1 aromatic carbocycles. The predicted octanol–water partition coefficient (Wildman–Crippen LogP) is 4.35. The summed E-state index contributed by atoms with van der Waals surface area (Å²) in [7, 11) is 0. The van der Waals surface area contributed by atoms with Gasteiger partial charge in [-0.25, -0.2) is 13.2 Å². The summed E-state index contributed by atoms with van der Waals surface area (Å²) in [6.07, 6.45) is 1.95. The molecule has 2 unspecified atom stereocenters. The first-order chi connectivity index (χ1) is 8.51. The van der Waals surface area contributed by atoms with E-state index in [1.54, 1.807) is 0 Å². The molecule has 0 saturated heterocycles. The second-order valence-electron chi connectivity index (χ2n) is 4.54. The van der Waals surface area contributed by atoms with Gasteiger partial charge in [0, 0.05) is 12.1 Å². The second kappa shape index (κ2) is 6.78. The van der Waals surface area contributed by atoms with E-state index in [1.807, 2.05) is 13.8 Å². The van der Waals surface area contributed by atoms with Crippen LogP contribution in [0.15, 0.2) is 12.1 Å². The first-order valence-corrected chi connectivity index (χ1v) is 6.33. The molecule has 4 heteroatoms. The summed E-state index contributed by atoms with van der Waals surface area (Å²) in [5.41, 5.74) is -0.417. The van der Waals surface area contributed by atoms with Crippen LogP contribution in [0.1, 0.15) is 51.2 Å². The SMILES string of the molecule is CCCCC(CC)C(O)c1c(F)cc(F)cc1F. The monoisotopic (exact) mass is 260 g/mol. The van der Waals surface area contributed by atoms with Crippen LogP contribution in [0.5, 0.6) is 0 Å². The number of unbranched alkanes of at least 4 members (excludes halogenated alkanes) is 1. The molecule has 0 fully saturated rings. The lowest BCUT2D eigenvalue weighted by Crippen LogP contribution is -2.15. The summed E-state index contributed by atoms with van der Waals surface area (Å²) in [4.78, 5) is 0. The van der Waals surface area contributed by atoms with E-state index in [-0.39, 0.29) is 5.92 Å². The van der Waals surface area contributed by atoms with Crippen LogP contribution in [-0.4, -0.2) is 5.11 Å². The van der Waals surface area contributed by atoms with Crippen molar-refractivity contribution in [3.63, 3.8) is 0 Å². The summed E-state index contributed by atoms with van der Waals surface area (Å²) < 4.78 is 39.9. The summed E-state index contributed by atoms with van der Waals surface area (Å²) >= 11 is 0. The van der Waals surface area contributed by atoms with Gasteiger partial charge in [0.2, 0.25) is 0 Å². The third-order valence-electron chi connectivity index (χ3n) is 3.24. The maximum absolute atomic E-state index is 13.5. The minimum absolute atomic E-state index is 0.209. The Bertz CT molecular complexity index is 370. The maximum Gasteiger partial charge on any atom is 0.134 e. The van der Waals surface area contributed by atoms with Crippen molar-refractivity contribution < 1.29 is 18.3 Å². The summed E-state index contributed by atoms with van der Waals surface area (Å²) in [6, 6.07) is 1.21. The molecule has 1 N–H and O–H groups in total. The molecule has 0 bridgehead atoms. The van der Waals surface area contributed by atoms with Gasteiger partial charge < -0.3 is 5.11 Å². The normalized spacial score (nSPS) is 14.6. The summed E-state index contributed by atoms with van der Waals surface area (Å²) in [6.45, 7) is 3.88. The van der Waals surface area contributed by atoms with Crippen LogP contribution in [-0.2, 0) is 0 Å². The van der Waals surface area contributed by atoms with Crippen molar-refractivity contribution in [1.82, 2.24) is 0 Å². The van der Waals surface area contributed by atoms with Crippen molar-refractivity contribution in [3.8, 4) is 0 Å². The van der Waals surface area contributed by atoms with Crippen molar-refractivity contribution in [2.24, 2.45) is 5.92 Å². The van der Waals surface area contributed by atoms with E-state index >= 15 is 0 Å². The number of aliphatic hydroxyl groups excluding tert-OH is 1. The molecule has 0 aromatic heterocycles. The number of aliphatic hydroxyl groups is 1. The molecule has 1 nitrogen and oxygen atoms in total. The van der Waals surface area contributed by atoms with Gasteiger partial charge in [0.05, 0.1) is 11.7 Å². The Morgan fingerprint density at radius 1 is 1.11 bits per heavy atom. The Hall–Kier alpha value is -1.03. The van der Waals surface area contributed by atoms with Crippen molar-refractivity contribution in [3.05, 3.63) is 35.1 Å². The third kappa shape index (κ3) is 3.48. The fourth-order valence-electron chi connectivity index (χ4n) is 2.12. The van der Waals surface area contributed by atoms with Crippen LogP contribution >= 0.6 is 0 Å². The highest BCUT2D eigenvalue weighted by Crippen LogP contribution is 2.32. The van der Waals surface area contributed by atoms with Crippen LogP contribution in [0, 0.1) is 23.4 Å². The Labute approximate surface area is 106 Å². The van der Waals surface area contributed by atoms with Crippen molar-refractivity contribution >= 4 is 0 Å². The average Bonchev–Trinajstić information content (AvgIpc) is 2.28. The quantitative estimate of drug-likeness (QED) is 0.806. The van der Waals surface area contributed by atoms with E-state index in [1.165, 1.54) is 0 Å². The van der Waals surface area contributed by atoms with E-state index < -0.39 is 29.1 Å². The second-order valence-corrected chi connectivity index (χ2v) is 4.54. The molecule has 0 heterocycles. The van der Waals surface area contributed by atoms with Gasteiger partial charge in [0.15, 0.2) is 0 Å². The smallest absolute Gasteiger partial charge is 0.134 e. The van der Waals surface area contributed by atoms with Crippen LogP contribution in [0.25, 0.3) is 0 Å². The predicted molar refractivity (Wildman–Crippen MR) is 64.6 cm³/mol. The topological polar surface area (TPSA) is 20.2 Å². The zero-order valence-electron chi connectivity index (χ0n) is 10.7. The number of benzene rings is 1. The first kappa shape index (κ1) is 15.0. The van der Waals surface area contributed by atoms with Crippen molar-refractivity contribution in [2.45, 2.75) is 45.6 Å². The van der Waals surface area contributed by atoms with Gasteiger partial charge in [0.25, 0.3) is 0 Å². The van der Waals surface area contributed by atoms with Gasteiger partial charge in [-0.3, -0.25) is 0 Å². The van der Waals surface area contributed by atoms with Crippen molar-refractivity contribution in [1.29, 1.82) is 0 Å². The van der Waals surface area contributed by atoms with E-state index in [9.17, 15) is 18.3 Å². The van der Waals surface area contributed by atoms with Gasteiger partial charge in [-0.15, -0.1) is 0 Å². The van der Waals surface area contributed by atoms with Crippen LogP contribution in [0.4, 0.5) is 13.2 Å². The maximum atomic E-state index is 13.5. The first-order valence-electron chi connectivity index (χ1n) is 6.33. The molecule has 0 saturated carbocycles. The van der Waals surface area contributed by atoms with Crippen LogP contribution in [0.3, 0.4) is 0 Å². The highest BCUT2D eigenvalue weighted by Gasteiger charge is 2.25. The van der Waals surface area contributed by atoms with Crippen molar-refractivity contribution in [2.75, 3.05) is 0 Å². The summed E-state index contributed by atoms with van der Waals surface area (Å²) in [5.74, 6) is -3.22. The highest BCUT2D eigenvalue weighted by atomic mass is 19.1. The lowest BCUT2D eigenvalue weighted by molar-refractivity contribution is 0.0914. The molecular weight excluding hydrogens is 241 g/mol. The molecule has 2 atom stereocenters. The lowest BCUT2D eigenvalue weighted by Gasteiger charge is -2.22. The minimum Gasteiger partial charge on any atom is -0.388 e. The molecule has 0 aliphatic rings. The Morgan fingerprint density at radius 2 is 1.67 bits per heavy atom. The zero-order valence-corrected chi connectivity index (χ0v) is 10.7. The molecule has 0 radical (unpaired) electrons. The largest absolute Gasteiger partial charge is 0.388 e. The Balaban J connectivity index is 2.97. The number of rotatable bonds is 6. The third-order valence-corrected chi connectivity index (χ3v) is 3.24. The van der Waals surface area contributed by atoms with Crippen LogP contribution in [0.2, 0.25) is 0 Å². The van der Waals surface area contributed by atoms with Gasteiger partial charge >= 0.3 is 0 Å². The Kier molecular flexibility index (Phi) is 5.66.